The number of ether oxygens (including phenoxy) is 1. The highest BCUT2D eigenvalue weighted by Gasteiger charge is 2.06. The lowest BCUT2D eigenvalue weighted by Crippen LogP contribution is -2.18. The minimum atomic E-state index is -0.658. The summed E-state index contributed by atoms with van der Waals surface area (Å²) in [4.78, 5) is 19.2. The molecule has 2 aromatic rings. The van der Waals surface area contributed by atoms with Crippen molar-refractivity contribution >= 4 is 12.0 Å². The molecule has 5 heteroatoms. The van der Waals surface area contributed by atoms with Crippen molar-refractivity contribution in [3.63, 3.8) is 0 Å². The molecule has 0 aliphatic carbocycles. The Morgan fingerprint density at radius 2 is 1.89 bits per heavy atom. The molecule has 0 aliphatic heterocycles. The number of benzene rings is 1. The zero-order chi connectivity index (χ0) is 12.8. The number of nitrogens with zero attached hydrogens (tertiary/aromatic N) is 2. The quantitative estimate of drug-likeness (QED) is 0.815. The molecule has 1 heterocycles. The van der Waals surface area contributed by atoms with E-state index < -0.39 is 6.09 Å². The Hall–Kier alpha value is -2.87. The number of anilines is 1. The van der Waals surface area contributed by atoms with Crippen LogP contribution in [-0.2, 0) is 0 Å². The summed E-state index contributed by atoms with van der Waals surface area (Å²) in [6.45, 7) is 0. The summed E-state index contributed by atoms with van der Waals surface area (Å²) in [5.41, 5.74) is 0.539. The van der Waals surface area contributed by atoms with Gasteiger partial charge in [-0.3, -0.25) is 5.32 Å². The molecule has 1 aromatic carbocycles. The van der Waals surface area contributed by atoms with Crippen LogP contribution in [-0.4, -0.2) is 16.1 Å². The minimum Gasteiger partial charge on any atom is -0.410 e. The number of para-hydroxylation sites is 1. The van der Waals surface area contributed by atoms with Crippen molar-refractivity contribution < 1.29 is 9.53 Å². The molecule has 0 bridgehead atoms. The largest absolute Gasteiger partial charge is 0.419 e. The molecule has 0 atom stereocenters. The molecule has 1 aromatic heterocycles. The number of carbonyl (C=O) groups excluding carboxylic acids is 1. The van der Waals surface area contributed by atoms with Crippen LogP contribution in [0.25, 0.3) is 0 Å². The first kappa shape index (κ1) is 11.6. The monoisotopic (exact) mass is 239 g/mol. The maximum absolute atomic E-state index is 11.5. The normalized spacial score (nSPS) is 9.28. The van der Waals surface area contributed by atoms with Gasteiger partial charge < -0.3 is 4.74 Å². The summed E-state index contributed by atoms with van der Waals surface area (Å²) >= 11 is 0. The Morgan fingerprint density at radius 1 is 1.22 bits per heavy atom. The number of rotatable bonds is 2. The molecule has 88 valence electrons. The molecule has 0 radical (unpaired) electrons. The van der Waals surface area contributed by atoms with E-state index in [1.165, 1.54) is 12.4 Å². The van der Waals surface area contributed by atoms with Crippen molar-refractivity contribution in [2.75, 3.05) is 5.32 Å². The summed E-state index contributed by atoms with van der Waals surface area (Å²) in [6.07, 6.45) is 7.37. The van der Waals surface area contributed by atoms with Gasteiger partial charge in [-0.15, -0.1) is 6.42 Å². The Kier molecular flexibility index (Phi) is 3.52. The second kappa shape index (κ2) is 5.46. The van der Waals surface area contributed by atoms with Crippen LogP contribution < -0.4 is 10.1 Å². The number of terminal acetylenes is 1. The van der Waals surface area contributed by atoms with Gasteiger partial charge in [-0.25, -0.2) is 14.8 Å². The summed E-state index contributed by atoms with van der Waals surface area (Å²) < 4.78 is 5.00. The SMILES string of the molecule is C#Cc1cnc(NC(=O)Oc2ccccc2)nc1. The third-order valence-electron chi connectivity index (χ3n) is 1.99. The number of amides is 1. The summed E-state index contributed by atoms with van der Waals surface area (Å²) in [5.74, 6) is 2.95. The molecule has 5 nitrogen and oxygen atoms in total. The third-order valence-corrected chi connectivity index (χ3v) is 1.99. The van der Waals surface area contributed by atoms with E-state index in [0.29, 0.717) is 11.3 Å². The lowest BCUT2D eigenvalue weighted by Gasteiger charge is -2.04. The first-order valence-corrected chi connectivity index (χ1v) is 5.10. The summed E-state index contributed by atoms with van der Waals surface area (Å²) in [5, 5.41) is 2.39. The van der Waals surface area contributed by atoms with Crippen LogP contribution in [0.2, 0.25) is 0 Å². The number of aromatic nitrogens is 2. The number of hydrogen-bond acceptors (Lipinski definition) is 4. The van der Waals surface area contributed by atoms with E-state index in [1.807, 2.05) is 6.07 Å². The van der Waals surface area contributed by atoms with Gasteiger partial charge in [0.1, 0.15) is 5.75 Å². The third kappa shape index (κ3) is 3.06. The molecule has 1 N–H and O–H groups in total. The Bertz CT molecular complexity index is 573. The molecule has 0 saturated heterocycles. The molecule has 0 saturated carbocycles. The van der Waals surface area contributed by atoms with Gasteiger partial charge in [-0.1, -0.05) is 24.1 Å². The summed E-state index contributed by atoms with van der Waals surface area (Å²) in [7, 11) is 0. The smallest absolute Gasteiger partial charge is 0.410 e. The predicted octanol–water partition coefficient (Wildman–Crippen LogP) is 2.07. The van der Waals surface area contributed by atoms with Gasteiger partial charge >= 0.3 is 6.09 Å². The van der Waals surface area contributed by atoms with Crippen molar-refractivity contribution in [3.05, 3.63) is 48.3 Å². The van der Waals surface area contributed by atoms with Crippen LogP contribution in [0.15, 0.2) is 42.7 Å². The molecule has 2 rings (SSSR count). The fourth-order valence-corrected chi connectivity index (χ4v) is 1.18. The van der Waals surface area contributed by atoms with E-state index in [-0.39, 0.29) is 5.95 Å². The van der Waals surface area contributed by atoms with Crippen LogP contribution in [0.3, 0.4) is 0 Å². The van der Waals surface area contributed by atoms with Gasteiger partial charge in [0.15, 0.2) is 0 Å². The van der Waals surface area contributed by atoms with E-state index in [4.69, 9.17) is 11.2 Å². The van der Waals surface area contributed by atoms with Crippen LogP contribution in [0.4, 0.5) is 10.7 Å². The number of hydrogen-bond donors (Lipinski definition) is 1. The van der Waals surface area contributed by atoms with Crippen molar-refractivity contribution in [1.82, 2.24) is 9.97 Å². The topological polar surface area (TPSA) is 64.1 Å². The van der Waals surface area contributed by atoms with Gasteiger partial charge in [-0.2, -0.15) is 0 Å². The van der Waals surface area contributed by atoms with Gasteiger partial charge in [0.2, 0.25) is 5.95 Å². The van der Waals surface area contributed by atoms with E-state index in [0.717, 1.165) is 0 Å². The van der Waals surface area contributed by atoms with Crippen molar-refractivity contribution in [2.24, 2.45) is 0 Å². The molecule has 1 amide bonds. The van der Waals surface area contributed by atoms with E-state index in [2.05, 4.69) is 21.2 Å². The van der Waals surface area contributed by atoms with E-state index in [1.54, 1.807) is 24.3 Å². The van der Waals surface area contributed by atoms with Crippen LogP contribution >= 0.6 is 0 Å². The fourth-order valence-electron chi connectivity index (χ4n) is 1.18. The van der Waals surface area contributed by atoms with Crippen molar-refractivity contribution in [1.29, 1.82) is 0 Å². The fraction of sp³-hybridized carbons (Fsp3) is 0. The molecule has 0 unspecified atom stereocenters. The van der Waals surface area contributed by atoms with Gasteiger partial charge in [-0.05, 0) is 12.1 Å². The first-order chi connectivity index (χ1) is 8.78. The highest BCUT2D eigenvalue weighted by atomic mass is 16.6. The lowest BCUT2D eigenvalue weighted by molar-refractivity contribution is 0.215. The maximum Gasteiger partial charge on any atom is 0.419 e. The van der Waals surface area contributed by atoms with Crippen molar-refractivity contribution in [3.8, 4) is 18.1 Å². The molecule has 0 aliphatic rings. The maximum atomic E-state index is 11.5. The van der Waals surface area contributed by atoms with Crippen molar-refractivity contribution in [2.45, 2.75) is 0 Å². The Labute approximate surface area is 104 Å². The average Bonchev–Trinajstić information content (AvgIpc) is 2.40. The number of carbonyl (C=O) groups is 1. The standard InChI is InChI=1S/C13H9N3O2/c1-2-10-8-14-12(15-9-10)16-13(17)18-11-6-4-3-5-7-11/h1,3-9H,(H,14,15,16,17). The molecular weight excluding hydrogens is 230 g/mol. The number of nitrogens with one attached hydrogen (secondary N) is 1. The highest BCUT2D eigenvalue weighted by molar-refractivity contribution is 5.84. The second-order valence-corrected chi connectivity index (χ2v) is 3.27. The van der Waals surface area contributed by atoms with E-state index in [9.17, 15) is 4.79 Å². The lowest BCUT2D eigenvalue weighted by atomic mass is 10.3. The molecule has 0 spiro atoms. The van der Waals surface area contributed by atoms with Crippen LogP contribution in [0.1, 0.15) is 5.56 Å². The molecular formula is C13H9N3O2. The average molecular weight is 239 g/mol. The molecule has 18 heavy (non-hydrogen) atoms. The first-order valence-electron chi connectivity index (χ1n) is 5.10. The van der Waals surface area contributed by atoms with Crippen LogP contribution in [0, 0.1) is 12.3 Å². The molecule has 0 fully saturated rings. The Morgan fingerprint density at radius 3 is 2.50 bits per heavy atom. The Balaban J connectivity index is 1.97. The predicted molar refractivity (Wildman–Crippen MR) is 66.1 cm³/mol. The minimum absolute atomic E-state index is 0.134. The van der Waals surface area contributed by atoms with Gasteiger partial charge in [0.05, 0.1) is 5.56 Å². The second-order valence-electron chi connectivity index (χ2n) is 3.27. The van der Waals surface area contributed by atoms with E-state index >= 15 is 0 Å². The van der Waals surface area contributed by atoms with Gasteiger partial charge in [0, 0.05) is 12.4 Å². The van der Waals surface area contributed by atoms with Gasteiger partial charge in [0.25, 0.3) is 0 Å². The van der Waals surface area contributed by atoms with Crippen LogP contribution in [0.5, 0.6) is 5.75 Å². The zero-order valence-electron chi connectivity index (χ0n) is 9.33. The summed E-state index contributed by atoms with van der Waals surface area (Å²) in [6, 6.07) is 8.69. The highest BCUT2D eigenvalue weighted by Crippen LogP contribution is 2.09. The zero-order valence-corrected chi connectivity index (χ0v) is 9.33.